The summed E-state index contributed by atoms with van der Waals surface area (Å²) < 4.78 is 4.91. The second-order valence-electron chi connectivity index (χ2n) is 5.38. The SMILES string of the molecule is COCCNC(=O)N(Cc1ccccc1)CC(C)(C)O. The molecule has 0 atom stereocenters. The van der Waals surface area contributed by atoms with Crippen molar-refractivity contribution in [1.82, 2.24) is 10.2 Å². The van der Waals surface area contributed by atoms with E-state index in [4.69, 9.17) is 4.74 Å². The van der Waals surface area contributed by atoms with Crippen molar-refractivity contribution >= 4 is 6.03 Å². The van der Waals surface area contributed by atoms with Gasteiger partial charge in [-0.05, 0) is 19.4 Å². The number of ether oxygens (including phenoxy) is 1. The number of nitrogens with one attached hydrogen (secondary N) is 1. The third-order valence-electron chi connectivity index (χ3n) is 2.66. The molecule has 1 aromatic carbocycles. The molecule has 2 amide bonds. The van der Waals surface area contributed by atoms with Crippen LogP contribution < -0.4 is 5.32 Å². The smallest absolute Gasteiger partial charge is 0.317 e. The van der Waals surface area contributed by atoms with Crippen molar-refractivity contribution in [2.45, 2.75) is 26.0 Å². The van der Waals surface area contributed by atoms with Crippen molar-refractivity contribution in [2.24, 2.45) is 0 Å². The number of nitrogens with zero attached hydrogens (tertiary/aromatic N) is 1. The van der Waals surface area contributed by atoms with E-state index in [0.29, 0.717) is 19.7 Å². The van der Waals surface area contributed by atoms with Crippen molar-refractivity contribution in [3.63, 3.8) is 0 Å². The molecule has 0 radical (unpaired) electrons. The Bertz CT molecular complexity index is 401. The van der Waals surface area contributed by atoms with Crippen LogP contribution in [0.2, 0.25) is 0 Å². The van der Waals surface area contributed by atoms with Crippen LogP contribution in [-0.2, 0) is 11.3 Å². The Morgan fingerprint density at radius 1 is 1.35 bits per heavy atom. The summed E-state index contributed by atoms with van der Waals surface area (Å²) in [5.41, 5.74) is 0.0894. The quantitative estimate of drug-likeness (QED) is 0.746. The summed E-state index contributed by atoms with van der Waals surface area (Å²) >= 11 is 0. The first-order valence-electron chi connectivity index (χ1n) is 6.70. The molecule has 1 rings (SSSR count). The summed E-state index contributed by atoms with van der Waals surface area (Å²) in [6, 6.07) is 9.51. The molecule has 0 saturated heterocycles. The van der Waals surface area contributed by atoms with Gasteiger partial charge >= 0.3 is 6.03 Å². The molecule has 20 heavy (non-hydrogen) atoms. The van der Waals surface area contributed by atoms with Crippen molar-refractivity contribution < 1.29 is 14.6 Å². The lowest BCUT2D eigenvalue weighted by atomic mass is 10.1. The largest absolute Gasteiger partial charge is 0.389 e. The number of rotatable bonds is 7. The molecule has 112 valence electrons. The Balaban J connectivity index is 2.67. The van der Waals surface area contributed by atoms with Crippen molar-refractivity contribution in [3.05, 3.63) is 35.9 Å². The van der Waals surface area contributed by atoms with Gasteiger partial charge in [-0.25, -0.2) is 4.79 Å². The maximum Gasteiger partial charge on any atom is 0.317 e. The monoisotopic (exact) mass is 280 g/mol. The molecule has 0 aromatic heterocycles. The van der Waals surface area contributed by atoms with Crippen LogP contribution in [0.4, 0.5) is 4.79 Å². The van der Waals surface area contributed by atoms with Gasteiger partial charge in [0.15, 0.2) is 0 Å². The van der Waals surface area contributed by atoms with Crippen molar-refractivity contribution in [2.75, 3.05) is 26.8 Å². The summed E-state index contributed by atoms with van der Waals surface area (Å²) in [5.74, 6) is 0. The molecule has 0 fully saturated rings. The summed E-state index contributed by atoms with van der Waals surface area (Å²) in [4.78, 5) is 13.8. The van der Waals surface area contributed by atoms with Crippen LogP contribution in [-0.4, -0.2) is 48.4 Å². The van der Waals surface area contributed by atoms with Crippen molar-refractivity contribution in [3.8, 4) is 0 Å². The lowest BCUT2D eigenvalue weighted by Gasteiger charge is -2.29. The summed E-state index contributed by atoms with van der Waals surface area (Å²) in [6.45, 7) is 5.02. The van der Waals surface area contributed by atoms with E-state index in [1.807, 2.05) is 30.3 Å². The normalized spacial score (nSPS) is 11.2. The standard InChI is InChI=1S/C15H24N2O3/c1-15(2,19)12-17(14(18)16-9-10-20-3)11-13-7-5-4-6-8-13/h4-8,19H,9-12H2,1-3H3,(H,16,18). The van der Waals surface area contributed by atoms with Gasteiger partial charge < -0.3 is 20.1 Å². The minimum absolute atomic E-state index is 0.201. The number of hydrogen-bond acceptors (Lipinski definition) is 3. The molecule has 0 aliphatic heterocycles. The van der Waals surface area contributed by atoms with Gasteiger partial charge in [-0.2, -0.15) is 0 Å². The molecule has 0 spiro atoms. The Morgan fingerprint density at radius 3 is 2.55 bits per heavy atom. The Morgan fingerprint density at radius 2 is 2.00 bits per heavy atom. The zero-order chi connectivity index (χ0) is 15.0. The van der Waals surface area contributed by atoms with Crippen LogP contribution in [0.1, 0.15) is 19.4 Å². The molecule has 0 unspecified atom stereocenters. The van der Waals surface area contributed by atoms with E-state index >= 15 is 0 Å². The van der Waals surface area contributed by atoms with E-state index in [2.05, 4.69) is 5.32 Å². The van der Waals surface area contributed by atoms with E-state index in [-0.39, 0.29) is 12.6 Å². The molecule has 0 aliphatic carbocycles. The predicted molar refractivity (Wildman–Crippen MR) is 78.4 cm³/mol. The molecule has 0 bridgehead atoms. The first-order chi connectivity index (χ1) is 9.42. The van der Waals surface area contributed by atoms with Crippen LogP contribution in [0, 0.1) is 0 Å². The maximum absolute atomic E-state index is 12.1. The molecule has 2 N–H and O–H groups in total. The summed E-state index contributed by atoms with van der Waals surface area (Å²) in [7, 11) is 1.59. The number of amides is 2. The second kappa shape index (κ2) is 7.87. The van der Waals surface area contributed by atoms with Gasteiger partial charge in [-0.3, -0.25) is 0 Å². The number of benzene rings is 1. The van der Waals surface area contributed by atoms with Gasteiger partial charge in [0.25, 0.3) is 0 Å². The van der Waals surface area contributed by atoms with Crippen LogP contribution in [0.5, 0.6) is 0 Å². The van der Waals surface area contributed by atoms with Gasteiger partial charge in [0, 0.05) is 20.2 Å². The number of hydrogen-bond donors (Lipinski definition) is 2. The average molecular weight is 280 g/mol. The predicted octanol–water partition coefficient (Wildman–Crippen LogP) is 1.62. The molecule has 1 aromatic rings. The molecular formula is C15H24N2O3. The van der Waals surface area contributed by atoms with Crippen LogP contribution >= 0.6 is 0 Å². The lowest BCUT2D eigenvalue weighted by molar-refractivity contribution is 0.0444. The maximum atomic E-state index is 12.1. The summed E-state index contributed by atoms with van der Waals surface area (Å²) in [6.07, 6.45) is 0. The zero-order valence-corrected chi connectivity index (χ0v) is 12.4. The molecule has 5 nitrogen and oxygen atoms in total. The highest BCUT2D eigenvalue weighted by Gasteiger charge is 2.22. The fourth-order valence-electron chi connectivity index (χ4n) is 1.84. The topological polar surface area (TPSA) is 61.8 Å². The van der Waals surface area contributed by atoms with Crippen LogP contribution in [0.15, 0.2) is 30.3 Å². The highest BCUT2D eigenvalue weighted by atomic mass is 16.5. The number of urea groups is 1. The Labute approximate surface area is 120 Å². The fraction of sp³-hybridized carbons (Fsp3) is 0.533. The number of carbonyl (C=O) groups excluding carboxylic acids is 1. The number of carbonyl (C=O) groups is 1. The number of methoxy groups -OCH3 is 1. The van der Waals surface area contributed by atoms with Gasteiger partial charge in [0.05, 0.1) is 18.8 Å². The third-order valence-corrected chi connectivity index (χ3v) is 2.66. The van der Waals surface area contributed by atoms with E-state index < -0.39 is 5.60 Å². The van der Waals surface area contributed by atoms with Gasteiger partial charge in [0.1, 0.15) is 0 Å². The van der Waals surface area contributed by atoms with Crippen molar-refractivity contribution in [1.29, 1.82) is 0 Å². The third kappa shape index (κ3) is 6.54. The first-order valence-corrected chi connectivity index (χ1v) is 6.70. The van der Waals surface area contributed by atoms with Gasteiger partial charge in [-0.1, -0.05) is 30.3 Å². The van der Waals surface area contributed by atoms with Crippen LogP contribution in [0.3, 0.4) is 0 Å². The van der Waals surface area contributed by atoms with E-state index in [1.165, 1.54) is 0 Å². The van der Waals surface area contributed by atoms with Gasteiger partial charge in [0.2, 0.25) is 0 Å². The lowest BCUT2D eigenvalue weighted by Crippen LogP contribution is -2.47. The fourth-order valence-corrected chi connectivity index (χ4v) is 1.84. The minimum atomic E-state index is -0.937. The van der Waals surface area contributed by atoms with Gasteiger partial charge in [-0.15, -0.1) is 0 Å². The van der Waals surface area contributed by atoms with Crippen LogP contribution in [0.25, 0.3) is 0 Å². The average Bonchev–Trinajstić information content (AvgIpc) is 2.38. The molecule has 5 heteroatoms. The molecular weight excluding hydrogens is 256 g/mol. The highest BCUT2D eigenvalue weighted by molar-refractivity contribution is 5.74. The molecule has 0 aliphatic rings. The highest BCUT2D eigenvalue weighted by Crippen LogP contribution is 2.10. The molecule has 0 heterocycles. The van der Waals surface area contributed by atoms with E-state index in [1.54, 1.807) is 25.9 Å². The first kappa shape index (κ1) is 16.5. The van der Waals surface area contributed by atoms with E-state index in [9.17, 15) is 9.90 Å². The zero-order valence-electron chi connectivity index (χ0n) is 12.4. The number of aliphatic hydroxyl groups is 1. The summed E-state index contributed by atoms with van der Waals surface area (Å²) in [5, 5.41) is 12.7. The second-order valence-corrected chi connectivity index (χ2v) is 5.38. The Hall–Kier alpha value is -1.59. The molecule has 0 saturated carbocycles. The van der Waals surface area contributed by atoms with E-state index in [0.717, 1.165) is 5.56 Å². The minimum Gasteiger partial charge on any atom is -0.389 e. The Kier molecular flexibility index (Phi) is 6.48.